The van der Waals surface area contributed by atoms with Crippen molar-refractivity contribution in [1.29, 1.82) is 0 Å². The summed E-state index contributed by atoms with van der Waals surface area (Å²) in [6.45, 7) is 0.636. The second-order valence-electron chi connectivity index (χ2n) is 7.82. The third-order valence-corrected chi connectivity index (χ3v) is 5.92. The van der Waals surface area contributed by atoms with Crippen molar-refractivity contribution in [3.8, 4) is 11.5 Å². The molecule has 0 amide bonds. The molecule has 1 aliphatic rings. The molecule has 2 aromatic heterocycles. The van der Waals surface area contributed by atoms with E-state index in [2.05, 4.69) is 10.3 Å². The molecule has 9 nitrogen and oxygen atoms in total. The highest BCUT2D eigenvalue weighted by Crippen LogP contribution is 2.35. The number of hydrogen-bond acceptors (Lipinski definition) is 7. The number of carbonyl (C=O) groups excluding carboxylic acids is 1. The number of nitrogens with zero attached hydrogens (tertiary/aromatic N) is 1. The number of thiocarbonyl (C=S) groups is 1. The lowest BCUT2D eigenvalue weighted by Crippen LogP contribution is -2.35. The summed E-state index contributed by atoms with van der Waals surface area (Å²) in [7, 11) is 1.32. The largest absolute Gasteiger partial charge is 0.467 e. The van der Waals surface area contributed by atoms with Crippen molar-refractivity contribution >= 4 is 39.9 Å². The number of anilines is 1. The number of H-pyrrole nitrogens is 1. The molecule has 0 fully saturated rings. The predicted octanol–water partition coefficient (Wildman–Crippen LogP) is 4.04. The lowest BCUT2D eigenvalue weighted by molar-refractivity contribution is 0.0602. The quantitative estimate of drug-likeness (QED) is 0.305. The van der Waals surface area contributed by atoms with Gasteiger partial charge in [-0.1, -0.05) is 12.1 Å². The third-order valence-electron chi connectivity index (χ3n) is 5.56. The van der Waals surface area contributed by atoms with Crippen LogP contribution in [-0.2, 0) is 17.8 Å². The summed E-state index contributed by atoms with van der Waals surface area (Å²) in [6, 6.07) is 15.9. The number of hydrogen-bond donors (Lipinski definition) is 2. The maximum absolute atomic E-state index is 12.9. The van der Waals surface area contributed by atoms with Crippen LogP contribution in [0.15, 0.2) is 70.1 Å². The van der Waals surface area contributed by atoms with E-state index in [1.807, 2.05) is 12.1 Å². The van der Waals surface area contributed by atoms with E-state index in [0.29, 0.717) is 51.2 Å². The van der Waals surface area contributed by atoms with Gasteiger partial charge in [-0.2, -0.15) is 0 Å². The summed E-state index contributed by atoms with van der Waals surface area (Å²) in [6.07, 6.45) is 1.57. The van der Waals surface area contributed by atoms with E-state index >= 15 is 0 Å². The summed E-state index contributed by atoms with van der Waals surface area (Å²) in [5, 5.41) is 4.23. The smallest absolute Gasteiger partial charge is 0.339 e. The second-order valence-corrected chi connectivity index (χ2v) is 8.21. The van der Waals surface area contributed by atoms with Crippen LogP contribution in [0.5, 0.6) is 11.5 Å². The van der Waals surface area contributed by atoms with Gasteiger partial charge in [0.25, 0.3) is 5.56 Å². The number of methoxy groups -OCH3 is 1. The number of para-hydroxylation sites is 1. The number of carbonyl (C=O) groups is 1. The van der Waals surface area contributed by atoms with Crippen LogP contribution in [0, 0.1) is 0 Å². The molecule has 178 valence electrons. The first-order chi connectivity index (χ1) is 17.0. The van der Waals surface area contributed by atoms with Crippen LogP contribution in [0.1, 0.15) is 21.7 Å². The fraction of sp³-hybridized carbons (Fsp3) is 0.160. The van der Waals surface area contributed by atoms with Crippen molar-refractivity contribution in [2.24, 2.45) is 0 Å². The van der Waals surface area contributed by atoms with E-state index < -0.39 is 5.97 Å². The molecule has 4 aromatic rings. The molecule has 0 radical (unpaired) electrons. The Morgan fingerprint density at radius 2 is 1.91 bits per heavy atom. The molecule has 0 atom stereocenters. The molecular formula is C25H21N3O6S. The first kappa shape index (κ1) is 22.5. The molecule has 2 N–H and O–H groups in total. The minimum absolute atomic E-state index is 0.145. The van der Waals surface area contributed by atoms with E-state index in [1.54, 1.807) is 53.6 Å². The maximum Gasteiger partial charge on any atom is 0.339 e. The first-order valence-electron chi connectivity index (χ1n) is 10.7. The first-order valence-corrected chi connectivity index (χ1v) is 11.1. The van der Waals surface area contributed by atoms with E-state index in [1.165, 1.54) is 7.11 Å². The number of ether oxygens (including phenoxy) is 3. The average Bonchev–Trinajstić information content (AvgIpc) is 3.54. The maximum atomic E-state index is 12.9. The summed E-state index contributed by atoms with van der Waals surface area (Å²) >= 11 is 5.69. The molecule has 0 saturated heterocycles. The number of aromatic nitrogens is 1. The van der Waals surface area contributed by atoms with Gasteiger partial charge in [-0.3, -0.25) is 4.79 Å². The van der Waals surface area contributed by atoms with E-state index in [-0.39, 0.29) is 18.9 Å². The monoisotopic (exact) mass is 491 g/mol. The molecule has 5 rings (SSSR count). The highest BCUT2D eigenvalue weighted by molar-refractivity contribution is 7.80. The Bertz CT molecular complexity index is 1460. The van der Waals surface area contributed by atoms with Gasteiger partial charge in [-0.25, -0.2) is 4.79 Å². The SMILES string of the molecule is COC(=O)c1ccccc1NC(=S)N(Cc1ccco1)Cc1cc2cc3c(cc2[nH]c1=O)OCO3. The number of benzene rings is 2. The Kier molecular flexibility index (Phi) is 6.11. The minimum atomic E-state index is -0.488. The minimum Gasteiger partial charge on any atom is -0.467 e. The fourth-order valence-electron chi connectivity index (χ4n) is 3.83. The van der Waals surface area contributed by atoms with Crippen LogP contribution in [-0.4, -0.2) is 34.9 Å². The zero-order valence-electron chi connectivity index (χ0n) is 18.7. The molecule has 35 heavy (non-hydrogen) atoms. The van der Waals surface area contributed by atoms with Crippen molar-refractivity contribution in [3.63, 3.8) is 0 Å². The third kappa shape index (κ3) is 4.69. The van der Waals surface area contributed by atoms with E-state index in [9.17, 15) is 9.59 Å². The Labute approximate surface area is 205 Å². The van der Waals surface area contributed by atoms with E-state index in [4.69, 9.17) is 30.8 Å². The Balaban J connectivity index is 1.46. The predicted molar refractivity (Wildman–Crippen MR) is 133 cm³/mol. The van der Waals surface area contributed by atoms with Gasteiger partial charge in [0.1, 0.15) is 5.76 Å². The lowest BCUT2D eigenvalue weighted by atomic mass is 10.1. The fourth-order valence-corrected chi connectivity index (χ4v) is 4.07. The van der Waals surface area contributed by atoms with Gasteiger partial charge in [-0.05, 0) is 48.6 Å². The van der Waals surface area contributed by atoms with Crippen LogP contribution in [0.25, 0.3) is 10.9 Å². The number of fused-ring (bicyclic) bond motifs is 2. The van der Waals surface area contributed by atoms with Crippen molar-refractivity contribution in [2.75, 3.05) is 19.2 Å². The highest BCUT2D eigenvalue weighted by Gasteiger charge is 2.20. The molecule has 0 unspecified atom stereocenters. The van der Waals surface area contributed by atoms with Crippen LogP contribution in [0.2, 0.25) is 0 Å². The Morgan fingerprint density at radius 3 is 2.69 bits per heavy atom. The molecule has 0 bridgehead atoms. The highest BCUT2D eigenvalue weighted by atomic mass is 32.1. The van der Waals surface area contributed by atoms with Crippen LogP contribution in [0.4, 0.5) is 5.69 Å². The zero-order chi connectivity index (χ0) is 24.4. The van der Waals surface area contributed by atoms with Crippen molar-refractivity contribution in [1.82, 2.24) is 9.88 Å². The van der Waals surface area contributed by atoms with Crippen molar-refractivity contribution in [3.05, 3.63) is 88.1 Å². The van der Waals surface area contributed by atoms with Crippen LogP contribution < -0.4 is 20.3 Å². The Hall–Kier alpha value is -4.31. The standard InChI is InChI=1S/C25H21N3O6S/c1-31-24(30)18-6-2-3-7-19(18)27-25(35)28(13-17-5-4-8-32-17)12-16-9-15-10-21-22(34-14-33-21)11-20(15)26-23(16)29/h2-11H,12-14H2,1H3,(H,26,29)(H,27,35). The van der Waals surface area contributed by atoms with Gasteiger partial charge in [0.2, 0.25) is 6.79 Å². The van der Waals surface area contributed by atoms with Gasteiger partial charge in [-0.15, -0.1) is 0 Å². The van der Waals surface area contributed by atoms with E-state index in [0.717, 1.165) is 5.39 Å². The van der Waals surface area contributed by atoms with Crippen molar-refractivity contribution in [2.45, 2.75) is 13.1 Å². The zero-order valence-corrected chi connectivity index (χ0v) is 19.5. The molecule has 0 spiro atoms. The molecule has 10 heteroatoms. The van der Waals surface area contributed by atoms with Gasteiger partial charge in [0.15, 0.2) is 16.6 Å². The van der Waals surface area contributed by atoms with Gasteiger partial charge in [0.05, 0.1) is 43.2 Å². The normalized spacial score (nSPS) is 11.9. The summed E-state index contributed by atoms with van der Waals surface area (Å²) < 4.78 is 21.3. The summed E-state index contributed by atoms with van der Waals surface area (Å²) in [5.74, 6) is 1.39. The number of nitrogens with one attached hydrogen (secondary N) is 2. The number of furan rings is 1. The van der Waals surface area contributed by atoms with Gasteiger partial charge in [0, 0.05) is 17.0 Å². The summed E-state index contributed by atoms with van der Waals surface area (Å²) in [5.41, 5.74) is 1.73. The summed E-state index contributed by atoms with van der Waals surface area (Å²) in [4.78, 5) is 29.8. The molecule has 1 aliphatic heterocycles. The lowest BCUT2D eigenvalue weighted by Gasteiger charge is -2.25. The second kappa shape index (κ2) is 9.51. The Morgan fingerprint density at radius 1 is 1.11 bits per heavy atom. The van der Waals surface area contributed by atoms with Gasteiger partial charge >= 0.3 is 5.97 Å². The number of aromatic amines is 1. The number of rotatable bonds is 6. The number of pyridine rings is 1. The molecule has 0 aliphatic carbocycles. The molecule has 2 aromatic carbocycles. The van der Waals surface area contributed by atoms with Crippen LogP contribution >= 0.6 is 12.2 Å². The molecule has 0 saturated carbocycles. The number of esters is 1. The topological polar surface area (TPSA) is 106 Å². The van der Waals surface area contributed by atoms with Crippen molar-refractivity contribution < 1.29 is 23.4 Å². The van der Waals surface area contributed by atoms with Gasteiger partial charge < -0.3 is 33.8 Å². The van der Waals surface area contributed by atoms with Crippen LogP contribution in [0.3, 0.4) is 0 Å². The average molecular weight is 492 g/mol. The molecular weight excluding hydrogens is 470 g/mol. The molecule has 3 heterocycles.